The van der Waals surface area contributed by atoms with Crippen molar-refractivity contribution in [3.05, 3.63) is 313 Å². The van der Waals surface area contributed by atoms with E-state index in [0.29, 0.717) is 0 Å². The summed E-state index contributed by atoms with van der Waals surface area (Å²) in [5.74, 6) is 0. The van der Waals surface area contributed by atoms with Gasteiger partial charge in [0, 0.05) is 32.9 Å². The van der Waals surface area contributed by atoms with Crippen LogP contribution in [-0.2, 0) is 5.41 Å². The second-order valence-corrected chi connectivity index (χ2v) is 22.1. The Morgan fingerprint density at radius 1 is 0.222 bits per heavy atom. The van der Waals surface area contributed by atoms with Gasteiger partial charge < -0.3 is 9.13 Å². The van der Waals surface area contributed by atoms with Gasteiger partial charge in [0.05, 0.1) is 27.5 Å². The summed E-state index contributed by atoms with van der Waals surface area (Å²) >= 11 is 0. The molecule has 0 fully saturated rings. The molecule has 18 rings (SSSR count). The summed E-state index contributed by atoms with van der Waals surface area (Å²) in [6.45, 7) is 0. The Morgan fingerprint density at radius 2 is 0.617 bits per heavy atom. The summed E-state index contributed by atoms with van der Waals surface area (Å²) in [5.41, 5.74) is 24.4. The van der Waals surface area contributed by atoms with Gasteiger partial charge in [-0.1, -0.05) is 237 Å². The van der Waals surface area contributed by atoms with E-state index >= 15 is 0 Å². The monoisotopic (exact) mass is 1020 g/mol. The molecule has 2 heterocycles. The fourth-order valence-corrected chi connectivity index (χ4v) is 15.3. The Bertz CT molecular complexity index is 5080. The standard InChI is InChI=1S/C79H48N2/c1-3-23-50(24-4-1)80-70-42-15-11-30-61(70)76-57(36-20-44-72(76)80)53-32-17-34-59-65(53)48-66-54(58-37-21-45-73-77(58)62-31-12-16-43-71(62)81(73)51-25-5-2-6-26-51)33-18-35-60(66)74(59)63-38-19-39-64-75-52-27-8-7-22-49(52)46-47-69(75)79(78(63)64)67-40-13-9-28-55(67)56-29-10-14-41-68(56)79/h1-48H. The molecule has 0 N–H and O–H groups in total. The first-order valence-electron chi connectivity index (χ1n) is 28.3. The van der Waals surface area contributed by atoms with Gasteiger partial charge in [0.1, 0.15) is 0 Å². The van der Waals surface area contributed by atoms with Crippen molar-refractivity contribution in [3.8, 4) is 67.0 Å². The maximum absolute atomic E-state index is 2.55. The summed E-state index contributed by atoms with van der Waals surface area (Å²) in [7, 11) is 0. The summed E-state index contributed by atoms with van der Waals surface area (Å²) in [6.07, 6.45) is 0. The first-order chi connectivity index (χ1) is 40.3. The highest BCUT2D eigenvalue weighted by Gasteiger charge is 2.53. The summed E-state index contributed by atoms with van der Waals surface area (Å²) in [5, 5.41) is 12.4. The Kier molecular flexibility index (Phi) is 9.18. The van der Waals surface area contributed by atoms with E-state index in [1.54, 1.807) is 0 Å². The second kappa shape index (κ2) is 16.7. The zero-order chi connectivity index (χ0) is 52.9. The summed E-state index contributed by atoms with van der Waals surface area (Å²) in [6, 6.07) is 110. The van der Waals surface area contributed by atoms with Crippen LogP contribution in [0.4, 0.5) is 0 Å². The zero-order valence-corrected chi connectivity index (χ0v) is 44.1. The number of rotatable bonds is 5. The van der Waals surface area contributed by atoms with Crippen LogP contribution in [0.5, 0.6) is 0 Å². The summed E-state index contributed by atoms with van der Waals surface area (Å²) in [4.78, 5) is 0. The van der Waals surface area contributed by atoms with Gasteiger partial charge in [-0.3, -0.25) is 0 Å². The van der Waals surface area contributed by atoms with Crippen LogP contribution in [0.15, 0.2) is 291 Å². The van der Waals surface area contributed by atoms with Gasteiger partial charge in [0.2, 0.25) is 0 Å². The minimum Gasteiger partial charge on any atom is -0.309 e. The van der Waals surface area contributed by atoms with Gasteiger partial charge in [-0.2, -0.15) is 0 Å². The molecule has 0 radical (unpaired) electrons. The molecule has 374 valence electrons. The molecule has 16 aromatic rings. The fourth-order valence-electron chi connectivity index (χ4n) is 15.3. The van der Waals surface area contributed by atoms with Crippen LogP contribution in [0.25, 0.3) is 143 Å². The van der Waals surface area contributed by atoms with Crippen LogP contribution in [0.1, 0.15) is 22.3 Å². The Hall–Kier alpha value is -10.5. The Balaban J connectivity index is 1.01. The van der Waals surface area contributed by atoms with E-state index in [0.717, 1.165) is 11.4 Å². The first kappa shape index (κ1) is 44.4. The number of aromatic nitrogens is 2. The van der Waals surface area contributed by atoms with Gasteiger partial charge in [-0.15, -0.1) is 0 Å². The van der Waals surface area contributed by atoms with Crippen molar-refractivity contribution < 1.29 is 0 Å². The van der Waals surface area contributed by atoms with E-state index in [9.17, 15) is 0 Å². The molecule has 0 saturated carbocycles. The average Bonchev–Trinajstić information content (AvgIpc) is 2.90. The molecule has 1 spiro atoms. The van der Waals surface area contributed by atoms with E-state index in [-0.39, 0.29) is 0 Å². The molecule has 2 aliphatic rings. The van der Waals surface area contributed by atoms with Crippen LogP contribution in [0.2, 0.25) is 0 Å². The lowest BCUT2D eigenvalue weighted by Gasteiger charge is -2.33. The lowest BCUT2D eigenvalue weighted by molar-refractivity contribution is 0.796. The largest absolute Gasteiger partial charge is 0.309 e. The number of hydrogen-bond acceptors (Lipinski definition) is 0. The van der Waals surface area contributed by atoms with Crippen molar-refractivity contribution in [2.75, 3.05) is 0 Å². The molecule has 14 aromatic carbocycles. The third-order valence-electron chi connectivity index (χ3n) is 18.3. The van der Waals surface area contributed by atoms with E-state index in [2.05, 4.69) is 300 Å². The molecule has 2 nitrogen and oxygen atoms in total. The van der Waals surface area contributed by atoms with Gasteiger partial charge >= 0.3 is 0 Å². The lowest BCUT2D eigenvalue weighted by atomic mass is 9.68. The van der Waals surface area contributed by atoms with E-state index < -0.39 is 5.41 Å². The molecule has 0 aliphatic heterocycles. The van der Waals surface area contributed by atoms with E-state index in [1.165, 1.54) is 154 Å². The van der Waals surface area contributed by atoms with Crippen LogP contribution in [0, 0.1) is 0 Å². The molecular formula is C79H48N2. The fraction of sp³-hybridized carbons (Fsp3) is 0.0127. The molecule has 0 saturated heterocycles. The average molecular weight is 1030 g/mol. The Morgan fingerprint density at radius 3 is 1.19 bits per heavy atom. The van der Waals surface area contributed by atoms with Crippen molar-refractivity contribution in [1.82, 2.24) is 9.13 Å². The van der Waals surface area contributed by atoms with Crippen molar-refractivity contribution in [2.45, 2.75) is 5.41 Å². The second-order valence-electron chi connectivity index (χ2n) is 22.1. The normalized spacial score (nSPS) is 13.0. The Labute approximate surface area is 468 Å². The first-order valence-corrected chi connectivity index (χ1v) is 28.3. The highest BCUT2D eigenvalue weighted by atomic mass is 15.0. The molecule has 0 amide bonds. The van der Waals surface area contributed by atoms with Crippen LogP contribution >= 0.6 is 0 Å². The number of nitrogens with zero attached hydrogens (tertiary/aromatic N) is 2. The van der Waals surface area contributed by atoms with Gasteiger partial charge in [-0.05, 0) is 165 Å². The smallest absolute Gasteiger partial charge is 0.0731 e. The third kappa shape index (κ3) is 5.90. The molecule has 0 unspecified atom stereocenters. The molecule has 2 heteroatoms. The van der Waals surface area contributed by atoms with Crippen LogP contribution < -0.4 is 0 Å². The summed E-state index contributed by atoms with van der Waals surface area (Å²) < 4.78 is 4.88. The van der Waals surface area contributed by atoms with Crippen molar-refractivity contribution in [2.24, 2.45) is 0 Å². The van der Waals surface area contributed by atoms with Crippen molar-refractivity contribution in [1.29, 1.82) is 0 Å². The third-order valence-corrected chi connectivity index (χ3v) is 18.3. The highest BCUT2D eigenvalue weighted by Crippen LogP contribution is 2.66. The highest BCUT2D eigenvalue weighted by molar-refractivity contribution is 6.26. The molecule has 0 atom stereocenters. The van der Waals surface area contributed by atoms with Crippen molar-refractivity contribution in [3.63, 3.8) is 0 Å². The van der Waals surface area contributed by atoms with Crippen molar-refractivity contribution >= 4 is 75.9 Å². The predicted octanol–water partition coefficient (Wildman–Crippen LogP) is 20.7. The lowest BCUT2D eigenvalue weighted by Crippen LogP contribution is -2.26. The molecule has 81 heavy (non-hydrogen) atoms. The molecule has 2 aliphatic carbocycles. The zero-order valence-electron chi connectivity index (χ0n) is 44.1. The SMILES string of the molecule is c1ccc(-n2c3ccccc3c3c(-c4cccc5c(-c6cccc7c6C6(c8ccccc8-c8ccccc86)c6ccc8ccccc8c6-7)c6cccc(-c7cccc8c7c7ccccc7n8-c7ccccc7)c6cc45)cccc32)cc1. The number of fused-ring (bicyclic) bond motifs is 20. The number of para-hydroxylation sites is 4. The van der Waals surface area contributed by atoms with Crippen LogP contribution in [0.3, 0.4) is 0 Å². The quantitative estimate of drug-likeness (QED) is 0.152. The van der Waals surface area contributed by atoms with Gasteiger partial charge in [-0.25, -0.2) is 0 Å². The van der Waals surface area contributed by atoms with Gasteiger partial charge in [0.15, 0.2) is 0 Å². The molecule has 0 bridgehead atoms. The molecular weight excluding hydrogens is 977 g/mol. The van der Waals surface area contributed by atoms with Crippen LogP contribution in [-0.4, -0.2) is 9.13 Å². The minimum atomic E-state index is -0.599. The number of benzene rings is 14. The number of hydrogen-bond donors (Lipinski definition) is 0. The van der Waals surface area contributed by atoms with E-state index in [1.807, 2.05) is 0 Å². The maximum Gasteiger partial charge on any atom is 0.0731 e. The molecule has 2 aromatic heterocycles. The topological polar surface area (TPSA) is 9.86 Å². The maximum atomic E-state index is 2.55. The minimum absolute atomic E-state index is 0.599. The van der Waals surface area contributed by atoms with E-state index in [4.69, 9.17) is 0 Å². The predicted molar refractivity (Wildman–Crippen MR) is 340 cm³/mol. The van der Waals surface area contributed by atoms with Gasteiger partial charge in [0.25, 0.3) is 0 Å².